The molecule has 0 spiro atoms. The molecule has 3 heteroatoms. The summed E-state index contributed by atoms with van der Waals surface area (Å²) >= 11 is 0. The van der Waals surface area contributed by atoms with E-state index >= 15 is 0 Å². The average molecular weight is 219 g/mol. The molecule has 1 heterocycles. The van der Waals surface area contributed by atoms with Crippen LogP contribution in [0.25, 0.3) is 0 Å². The van der Waals surface area contributed by atoms with Gasteiger partial charge < -0.3 is 10.4 Å². The number of rotatable bonds is 2. The molecule has 1 aliphatic heterocycles. The van der Waals surface area contributed by atoms with Crippen molar-refractivity contribution in [3.63, 3.8) is 0 Å². The summed E-state index contributed by atoms with van der Waals surface area (Å²) in [5.41, 5.74) is 2.00. The SMILES string of the molecule is Cc1cccc2c1C(=O)NC2CC(C)(C)O. The number of fused-ring (bicyclic) bond motifs is 1. The van der Waals surface area contributed by atoms with Gasteiger partial charge in [-0.15, -0.1) is 0 Å². The van der Waals surface area contributed by atoms with Gasteiger partial charge >= 0.3 is 0 Å². The van der Waals surface area contributed by atoms with E-state index in [1.807, 2.05) is 25.1 Å². The topological polar surface area (TPSA) is 49.3 Å². The van der Waals surface area contributed by atoms with Gasteiger partial charge in [-0.05, 0) is 31.9 Å². The molecule has 2 rings (SSSR count). The van der Waals surface area contributed by atoms with Gasteiger partial charge in [0.1, 0.15) is 0 Å². The summed E-state index contributed by atoms with van der Waals surface area (Å²) in [4.78, 5) is 11.8. The lowest BCUT2D eigenvalue weighted by molar-refractivity contribution is 0.0591. The second-order valence-electron chi connectivity index (χ2n) is 5.08. The number of nitrogens with one attached hydrogen (secondary N) is 1. The van der Waals surface area contributed by atoms with E-state index < -0.39 is 5.60 Å². The number of aliphatic hydroxyl groups is 1. The zero-order chi connectivity index (χ0) is 11.9. The molecule has 1 aromatic rings. The first-order chi connectivity index (χ1) is 7.38. The number of aryl methyl sites for hydroxylation is 1. The van der Waals surface area contributed by atoms with Gasteiger partial charge in [0.2, 0.25) is 0 Å². The minimum Gasteiger partial charge on any atom is -0.390 e. The quantitative estimate of drug-likeness (QED) is 0.798. The molecule has 1 unspecified atom stereocenters. The van der Waals surface area contributed by atoms with Crippen molar-refractivity contribution in [1.82, 2.24) is 5.32 Å². The lowest BCUT2D eigenvalue weighted by Gasteiger charge is -2.22. The van der Waals surface area contributed by atoms with E-state index in [0.29, 0.717) is 6.42 Å². The van der Waals surface area contributed by atoms with E-state index in [4.69, 9.17) is 0 Å². The molecule has 3 nitrogen and oxygen atoms in total. The van der Waals surface area contributed by atoms with Gasteiger partial charge in [-0.3, -0.25) is 4.79 Å². The lowest BCUT2D eigenvalue weighted by Crippen LogP contribution is -2.28. The largest absolute Gasteiger partial charge is 0.390 e. The van der Waals surface area contributed by atoms with Gasteiger partial charge in [-0.2, -0.15) is 0 Å². The second-order valence-corrected chi connectivity index (χ2v) is 5.08. The van der Waals surface area contributed by atoms with E-state index in [9.17, 15) is 9.90 Å². The maximum Gasteiger partial charge on any atom is 0.252 e. The highest BCUT2D eigenvalue weighted by molar-refractivity contribution is 6.00. The molecule has 0 saturated heterocycles. The molecule has 86 valence electrons. The first kappa shape index (κ1) is 11.1. The highest BCUT2D eigenvalue weighted by Gasteiger charge is 2.32. The number of amides is 1. The summed E-state index contributed by atoms with van der Waals surface area (Å²) in [5, 5.41) is 12.7. The van der Waals surface area contributed by atoms with Crippen molar-refractivity contribution in [2.75, 3.05) is 0 Å². The number of carbonyl (C=O) groups excluding carboxylic acids is 1. The Hall–Kier alpha value is -1.35. The first-order valence-electron chi connectivity index (χ1n) is 5.51. The fourth-order valence-corrected chi connectivity index (χ4v) is 2.26. The van der Waals surface area contributed by atoms with E-state index in [2.05, 4.69) is 5.32 Å². The fraction of sp³-hybridized carbons (Fsp3) is 0.462. The maximum atomic E-state index is 11.8. The van der Waals surface area contributed by atoms with Crippen molar-refractivity contribution < 1.29 is 9.90 Å². The Labute approximate surface area is 95.5 Å². The van der Waals surface area contributed by atoms with Crippen LogP contribution in [0, 0.1) is 6.92 Å². The van der Waals surface area contributed by atoms with Crippen LogP contribution in [0.5, 0.6) is 0 Å². The highest BCUT2D eigenvalue weighted by atomic mass is 16.3. The molecule has 2 N–H and O–H groups in total. The number of benzene rings is 1. The third kappa shape index (κ3) is 1.95. The highest BCUT2D eigenvalue weighted by Crippen LogP contribution is 2.32. The van der Waals surface area contributed by atoms with Gasteiger partial charge in [-0.25, -0.2) is 0 Å². The van der Waals surface area contributed by atoms with Crippen molar-refractivity contribution in [3.05, 3.63) is 34.9 Å². The summed E-state index contributed by atoms with van der Waals surface area (Å²) < 4.78 is 0. The van der Waals surface area contributed by atoms with Crippen molar-refractivity contribution >= 4 is 5.91 Å². The number of carbonyl (C=O) groups is 1. The van der Waals surface area contributed by atoms with Crippen LogP contribution in [0.3, 0.4) is 0 Å². The van der Waals surface area contributed by atoms with Crippen molar-refractivity contribution in [3.8, 4) is 0 Å². The Balaban J connectivity index is 2.37. The molecule has 0 saturated carbocycles. The van der Waals surface area contributed by atoms with Crippen LogP contribution >= 0.6 is 0 Å². The average Bonchev–Trinajstić information content (AvgIpc) is 2.42. The Morgan fingerprint density at radius 1 is 1.44 bits per heavy atom. The molecule has 0 radical (unpaired) electrons. The minimum atomic E-state index is -0.775. The molecule has 0 bridgehead atoms. The maximum absolute atomic E-state index is 11.8. The standard InChI is InChI=1S/C13H17NO2/c1-8-5-4-6-9-10(7-13(2,3)16)14-12(15)11(8)9/h4-6,10,16H,7H2,1-3H3,(H,14,15). The molecule has 0 aromatic heterocycles. The molecule has 1 atom stereocenters. The van der Waals surface area contributed by atoms with Gasteiger partial charge in [0, 0.05) is 12.0 Å². The Morgan fingerprint density at radius 3 is 2.75 bits per heavy atom. The monoisotopic (exact) mass is 219 g/mol. The normalized spacial score (nSPS) is 19.5. The molecule has 16 heavy (non-hydrogen) atoms. The van der Waals surface area contributed by atoms with Crippen molar-refractivity contribution in [1.29, 1.82) is 0 Å². The smallest absolute Gasteiger partial charge is 0.252 e. The van der Waals surface area contributed by atoms with E-state index in [1.165, 1.54) is 0 Å². The molecule has 0 fully saturated rings. The predicted molar refractivity (Wildman–Crippen MR) is 62.3 cm³/mol. The van der Waals surface area contributed by atoms with Crippen LogP contribution in [-0.4, -0.2) is 16.6 Å². The van der Waals surface area contributed by atoms with E-state index in [0.717, 1.165) is 16.7 Å². The lowest BCUT2D eigenvalue weighted by atomic mass is 9.93. The van der Waals surface area contributed by atoms with Crippen molar-refractivity contribution in [2.45, 2.75) is 38.8 Å². The van der Waals surface area contributed by atoms with Crippen LogP contribution in [-0.2, 0) is 0 Å². The molecule has 1 aromatic carbocycles. The zero-order valence-electron chi connectivity index (χ0n) is 9.87. The Kier molecular flexibility index (Phi) is 2.50. The Morgan fingerprint density at radius 2 is 2.12 bits per heavy atom. The van der Waals surface area contributed by atoms with E-state index in [1.54, 1.807) is 13.8 Å². The van der Waals surface area contributed by atoms with Crippen LogP contribution in [0.15, 0.2) is 18.2 Å². The summed E-state index contributed by atoms with van der Waals surface area (Å²) in [6.07, 6.45) is 0.537. The van der Waals surface area contributed by atoms with Crippen LogP contribution in [0.1, 0.15) is 47.8 Å². The summed E-state index contributed by atoms with van der Waals surface area (Å²) in [6, 6.07) is 5.77. The fourth-order valence-electron chi connectivity index (χ4n) is 2.26. The van der Waals surface area contributed by atoms with Crippen molar-refractivity contribution in [2.24, 2.45) is 0 Å². The van der Waals surface area contributed by atoms with Gasteiger partial charge in [0.05, 0.1) is 11.6 Å². The van der Waals surface area contributed by atoms with E-state index in [-0.39, 0.29) is 11.9 Å². The molecule has 1 amide bonds. The molecule has 0 aliphatic carbocycles. The predicted octanol–water partition coefficient (Wildman–Crippen LogP) is 1.94. The Bertz CT molecular complexity index is 432. The molecular formula is C13H17NO2. The van der Waals surface area contributed by atoms with Crippen LogP contribution in [0.4, 0.5) is 0 Å². The number of hydrogen-bond acceptors (Lipinski definition) is 2. The minimum absolute atomic E-state index is 0.0256. The third-order valence-electron chi connectivity index (χ3n) is 2.92. The summed E-state index contributed by atoms with van der Waals surface area (Å²) in [6.45, 7) is 5.45. The summed E-state index contributed by atoms with van der Waals surface area (Å²) in [7, 11) is 0. The van der Waals surface area contributed by atoms with Gasteiger partial charge in [0.15, 0.2) is 0 Å². The molecule has 1 aliphatic rings. The molecular weight excluding hydrogens is 202 g/mol. The first-order valence-corrected chi connectivity index (χ1v) is 5.51. The van der Waals surface area contributed by atoms with Crippen LogP contribution < -0.4 is 5.32 Å². The second kappa shape index (κ2) is 3.59. The number of hydrogen-bond donors (Lipinski definition) is 2. The van der Waals surface area contributed by atoms with Crippen LogP contribution in [0.2, 0.25) is 0 Å². The zero-order valence-corrected chi connectivity index (χ0v) is 9.87. The van der Waals surface area contributed by atoms with Gasteiger partial charge in [-0.1, -0.05) is 18.2 Å². The summed E-state index contributed by atoms with van der Waals surface area (Å²) in [5.74, 6) is -0.0256. The van der Waals surface area contributed by atoms with Gasteiger partial charge in [0.25, 0.3) is 5.91 Å². The third-order valence-corrected chi connectivity index (χ3v) is 2.92.